The van der Waals surface area contributed by atoms with E-state index in [-0.39, 0.29) is 0 Å². The normalized spacial score (nSPS) is 27.6. The van der Waals surface area contributed by atoms with Gasteiger partial charge >= 0.3 is 0 Å². The molecular formula is C17H34N2. The maximum atomic E-state index is 3.78. The molecule has 1 N–H and O–H groups in total. The monoisotopic (exact) mass is 266 g/mol. The van der Waals surface area contributed by atoms with Gasteiger partial charge in [-0.15, -0.1) is 0 Å². The van der Waals surface area contributed by atoms with E-state index in [0.717, 1.165) is 23.9 Å². The van der Waals surface area contributed by atoms with Crippen molar-refractivity contribution in [3.05, 3.63) is 0 Å². The molecule has 0 aromatic rings. The quantitative estimate of drug-likeness (QED) is 0.685. The van der Waals surface area contributed by atoms with E-state index in [9.17, 15) is 0 Å². The van der Waals surface area contributed by atoms with Crippen LogP contribution in [0, 0.1) is 11.8 Å². The van der Waals surface area contributed by atoms with Crippen LogP contribution in [0.5, 0.6) is 0 Å². The fraction of sp³-hybridized carbons (Fsp3) is 1.00. The molecule has 0 saturated heterocycles. The molecule has 0 heterocycles. The molecule has 2 nitrogen and oxygen atoms in total. The number of nitrogens with zero attached hydrogens (tertiary/aromatic N) is 1. The summed E-state index contributed by atoms with van der Waals surface area (Å²) in [4.78, 5) is 2.82. The Morgan fingerprint density at radius 3 is 2.58 bits per heavy atom. The Bertz CT molecular complexity index is 248. The number of rotatable bonds is 9. The molecular weight excluding hydrogens is 232 g/mol. The Morgan fingerprint density at radius 1 is 1.16 bits per heavy atom. The van der Waals surface area contributed by atoms with Gasteiger partial charge in [0.15, 0.2) is 0 Å². The van der Waals surface area contributed by atoms with Crippen LogP contribution in [0.25, 0.3) is 0 Å². The van der Waals surface area contributed by atoms with Crippen LogP contribution < -0.4 is 5.32 Å². The van der Waals surface area contributed by atoms with Crippen molar-refractivity contribution < 1.29 is 0 Å². The first-order chi connectivity index (χ1) is 9.20. The zero-order valence-electron chi connectivity index (χ0n) is 13.3. The van der Waals surface area contributed by atoms with E-state index in [1.54, 1.807) is 0 Å². The lowest BCUT2D eigenvalue weighted by atomic mass is 10.0. The molecule has 19 heavy (non-hydrogen) atoms. The van der Waals surface area contributed by atoms with Crippen LogP contribution in [0.2, 0.25) is 0 Å². The first-order valence-electron chi connectivity index (χ1n) is 8.68. The van der Waals surface area contributed by atoms with Gasteiger partial charge in [0.05, 0.1) is 0 Å². The van der Waals surface area contributed by atoms with Crippen LogP contribution in [0.3, 0.4) is 0 Å². The molecule has 0 bridgehead atoms. The highest BCUT2D eigenvalue weighted by atomic mass is 15.2. The SMILES string of the molecule is CCCNC1CCCC1CN(CCC(C)C)C1CC1. The summed E-state index contributed by atoms with van der Waals surface area (Å²) in [7, 11) is 0. The third-order valence-corrected chi connectivity index (χ3v) is 4.84. The third-order valence-electron chi connectivity index (χ3n) is 4.84. The minimum Gasteiger partial charge on any atom is -0.314 e. The summed E-state index contributed by atoms with van der Waals surface area (Å²) in [6, 6.07) is 1.74. The van der Waals surface area contributed by atoms with Gasteiger partial charge in [-0.05, 0) is 63.5 Å². The minimum atomic E-state index is 0.806. The summed E-state index contributed by atoms with van der Waals surface area (Å²) in [6.07, 6.45) is 9.85. The van der Waals surface area contributed by atoms with Gasteiger partial charge in [-0.25, -0.2) is 0 Å². The molecule has 2 aliphatic rings. The molecule has 0 amide bonds. The van der Waals surface area contributed by atoms with Crippen molar-refractivity contribution in [3.8, 4) is 0 Å². The van der Waals surface area contributed by atoms with E-state index in [4.69, 9.17) is 0 Å². The van der Waals surface area contributed by atoms with E-state index < -0.39 is 0 Å². The van der Waals surface area contributed by atoms with E-state index in [0.29, 0.717) is 0 Å². The van der Waals surface area contributed by atoms with Crippen LogP contribution in [-0.2, 0) is 0 Å². The maximum absolute atomic E-state index is 3.78. The van der Waals surface area contributed by atoms with Gasteiger partial charge in [0.1, 0.15) is 0 Å². The predicted molar refractivity (Wildman–Crippen MR) is 83.5 cm³/mol. The summed E-state index contributed by atoms with van der Waals surface area (Å²) in [5.41, 5.74) is 0. The molecule has 2 aliphatic carbocycles. The lowest BCUT2D eigenvalue weighted by Gasteiger charge is -2.29. The van der Waals surface area contributed by atoms with Gasteiger partial charge in [0, 0.05) is 18.6 Å². The van der Waals surface area contributed by atoms with Gasteiger partial charge in [0.25, 0.3) is 0 Å². The van der Waals surface area contributed by atoms with Crippen LogP contribution in [0.4, 0.5) is 0 Å². The van der Waals surface area contributed by atoms with Crippen molar-refractivity contribution in [2.24, 2.45) is 11.8 Å². The second-order valence-electron chi connectivity index (χ2n) is 7.16. The van der Waals surface area contributed by atoms with Gasteiger partial charge in [0.2, 0.25) is 0 Å². The molecule has 0 aliphatic heterocycles. The molecule has 2 heteroatoms. The first-order valence-corrected chi connectivity index (χ1v) is 8.68. The largest absolute Gasteiger partial charge is 0.314 e. The van der Waals surface area contributed by atoms with Crippen molar-refractivity contribution in [2.75, 3.05) is 19.6 Å². The lowest BCUT2D eigenvalue weighted by Crippen LogP contribution is -2.41. The van der Waals surface area contributed by atoms with Crippen molar-refractivity contribution in [2.45, 2.75) is 77.8 Å². The van der Waals surface area contributed by atoms with Gasteiger partial charge < -0.3 is 10.2 Å². The third kappa shape index (κ3) is 5.07. The highest BCUT2D eigenvalue weighted by Crippen LogP contribution is 2.32. The zero-order valence-corrected chi connectivity index (χ0v) is 13.3. The smallest absolute Gasteiger partial charge is 0.0107 e. The lowest BCUT2D eigenvalue weighted by molar-refractivity contribution is 0.195. The van der Waals surface area contributed by atoms with Crippen molar-refractivity contribution >= 4 is 0 Å². The fourth-order valence-electron chi connectivity index (χ4n) is 3.44. The molecule has 2 fully saturated rings. The Kier molecular flexibility index (Phi) is 6.15. The maximum Gasteiger partial charge on any atom is 0.0107 e. The molecule has 2 saturated carbocycles. The molecule has 0 aromatic heterocycles. The van der Waals surface area contributed by atoms with E-state index in [1.165, 1.54) is 64.6 Å². The molecule has 0 spiro atoms. The second kappa shape index (κ2) is 7.64. The molecule has 2 unspecified atom stereocenters. The molecule has 112 valence electrons. The van der Waals surface area contributed by atoms with E-state index in [1.807, 2.05) is 0 Å². The molecule has 2 rings (SSSR count). The van der Waals surface area contributed by atoms with Gasteiger partial charge in [-0.2, -0.15) is 0 Å². The fourth-order valence-corrected chi connectivity index (χ4v) is 3.44. The Hall–Kier alpha value is -0.0800. The van der Waals surface area contributed by atoms with Gasteiger partial charge in [-0.3, -0.25) is 0 Å². The minimum absolute atomic E-state index is 0.806. The Morgan fingerprint density at radius 2 is 1.95 bits per heavy atom. The Balaban J connectivity index is 1.78. The summed E-state index contributed by atoms with van der Waals surface area (Å²) < 4.78 is 0. The number of hydrogen-bond acceptors (Lipinski definition) is 2. The first kappa shape index (κ1) is 15.3. The van der Waals surface area contributed by atoms with Gasteiger partial charge in [-0.1, -0.05) is 27.2 Å². The van der Waals surface area contributed by atoms with Crippen molar-refractivity contribution in [1.82, 2.24) is 10.2 Å². The number of hydrogen-bond donors (Lipinski definition) is 1. The van der Waals surface area contributed by atoms with E-state index >= 15 is 0 Å². The van der Waals surface area contributed by atoms with Crippen LogP contribution in [-0.4, -0.2) is 36.6 Å². The molecule has 0 aromatic carbocycles. The van der Waals surface area contributed by atoms with E-state index in [2.05, 4.69) is 31.0 Å². The highest BCUT2D eigenvalue weighted by molar-refractivity contribution is 4.90. The van der Waals surface area contributed by atoms with Crippen LogP contribution in [0.15, 0.2) is 0 Å². The average molecular weight is 266 g/mol. The summed E-state index contributed by atoms with van der Waals surface area (Å²) in [5, 5.41) is 3.78. The highest BCUT2D eigenvalue weighted by Gasteiger charge is 2.34. The van der Waals surface area contributed by atoms with Crippen molar-refractivity contribution in [3.63, 3.8) is 0 Å². The topological polar surface area (TPSA) is 15.3 Å². The van der Waals surface area contributed by atoms with Crippen LogP contribution >= 0.6 is 0 Å². The summed E-state index contributed by atoms with van der Waals surface area (Å²) in [6.45, 7) is 10.9. The van der Waals surface area contributed by atoms with Crippen molar-refractivity contribution in [1.29, 1.82) is 0 Å². The molecule has 0 radical (unpaired) electrons. The Labute approximate surface area is 120 Å². The summed E-state index contributed by atoms with van der Waals surface area (Å²) >= 11 is 0. The zero-order chi connectivity index (χ0) is 13.7. The summed E-state index contributed by atoms with van der Waals surface area (Å²) in [5.74, 6) is 1.76. The average Bonchev–Trinajstić information content (AvgIpc) is 3.13. The molecule has 2 atom stereocenters. The second-order valence-corrected chi connectivity index (χ2v) is 7.16. The standard InChI is InChI=1S/C17H34N2/c1-4-11-18-17-7-5-6-15(17)13-19(16-8-9-16)12-10-14(2)3/h14-18H,4-13H2,1-3H3. The predicted octanol–water partition coefficient (Wildman–Crippen LogP) is 3.67. The number of nitrogens with one attached hydrogen (secondary N) is 1. The van der Waals surface area contributed by atoms with Crippen LogP contribution in [0.1, 0.15) is 65.7 Å².